The molecule has 206 valence electrons. The van der Waals surface area contributed by atoms with Crippen molar-refractivity contribution in [3.8, 4) is 0 Å². The summed E-state index contributed by atoms with van der Waals surface area (Å²) in [5.41, 5.74) is 5.57. The van der Waals surface area contributed by atoms with Gasteiger partial charge in [-0.25, -0.2) is 4.23 Å². The fraction of sp³-hybridized carbons (Fsp3) is 1.00. The van der Waals surface area contributed by atoms with Crippen LogP contribution >= 0.6 is 0 Å². The van der Waals surface area contributed by atoms with Crippen molar-refractivity contribution in [2.75, 3.05) is 52.7 Å². The average Bonchev–Trinajstić information content (AvgIpc) is 2.80. The second-order valence-corrected chi connectivity index (χ2v) is 13.5. The third kappa shape index (κ3) is 12.9. The Balaban J connectivity index is 5.27. The smallest absolute Gasteiger partial charge is 0.362 e. The SMILES string of the molecule is CCO[Si](OCC)(OCC)N(CCCCCCCCCCCCN)[Si](OCC)(OCC)OCC. The lowest BCUT2D eigenvalue weighted by Crippen LogP contribution is -2.75. The first-order valence-electron chi connectivity index (χ1n) is 13.9. The Bertz CT molecular complexity index is 392. The van der Waals surface area contributed by atoms with E-state index in [0.717, 1.165) is 25.8 Å². The molecule has 0 bridgehead atoms. The van der Waals surface area contributed by atoms with E-state index in [1.54, 1.807) is 0 Å². The molecule has 0 saturated heterocycles. The molecule has 0 amide bonds. The van der Waals surface area contributed by atoms with Gasteiger partial charge in [-0.05, 0) is 67.5 Å². The van der Waals surface area contributed by atoms with Crippen LogP contribution in [0.4, 0.5) is 0 Å². The van der Waals surface area contributed by atoms with Crippen LogP contribution in [-0.4, -0.2) is 74.9 Å². The van der Waals surface area contributed by atoms with E-state index < -0.39 is 17.9 Å². The maximum Gasteiger partial charge on any atom is 0.598 e. The summed E-state index contributed by atoms with van der Waals surface area (Å²) in [4.78, 5) is 0. The van der Waals surface area contributed by atoms with Gasteiger partial charge in [0.25, 0.3) is 0 Å². The topological polar surface area (TPSA) is 84.6 Å². The Morgan fingerprint density at radius 3 is 0.971 bits per heavy atom. The summed E-state index contributed by atoms with van der Waals surface area (Å²) < 4.78 is 39.8. The number of nitrogens with two attached hydrogens (primary N) is 1. The molecule has 0 atom stereocenters. The zero-order valence-electron chi connectivity index (χ0n) is 23.2. The van der Waals surface area contributed by atoms with Crippen molar-refractivity contribution < 1.29 is 26.6 Å². The number of hydrogen-bond donors (Lipinski definition) is 1. The third-order valence-electron chi connectivity index (χ3n) is 5.46. The predicted molar refractivity (Wildman–Crippen MR) is 143 cm³/mol. The van der Waals surface area contributed by atoms with Crippen molar-refractivity contribution in [3.63, 3.8) is 0 Å². The van der Waals surface area contributed by atoms with Crippen LogP contribution in [-0.2, 0) is 26.6 Å². The molecule has 0 heterocycles. The number of hydrogen-bond acceptors (Lipinski definition) is 8. The van der Waals surface area contributed by atoms with E-state index in [9.17, 15) is 0 Å². The monoisotopic (exact) mass is 524 g/mol. The van der Waals surface area contributed by atoms with Gasteiger partial charge in [-0.15, -0.1) is 0 Å². The first-order chi connectivity index (χ1) is 16.6. The highest BCUT2D eigenvalue weighted by molar-refractivity contribution is 6.75. The summed E-state index contributed by atoms with van der Waals surface area (Å²) in [6, 6.07) is 0. The fourth-order valence-corrected chi connectivity index (χ4v) is 11.1. The Hall–Kier alpha value is 0.114. The third-order valence-corrected chi connectivity index (χ3v) is 12.8. The maximum atomic E-state index is 6.28. The van der Waals surface area contributed by atoms with Crippen molar-refractivity contribution >= 4 is 17.9 Å². The molecule has 8 nitrogen and oxygen atoms in total. The summed E-state index contributed by atoms with van der Waals surface area (Å²) in [6.07, 6.45) is 12.3. The van der Waals surface area contributed by atoms with Crippen molar-refractivity contribution in [2.24, 2.45) is 5.73 Å². The fourth-order valence-electron chi connectivity index (χ4n) is 4.08. The van der Waals surface area contributed by atoms with E-state index >= 15 is 0 Å². The first-order valence-corrected chi connectivity index (χ1v) is 17.2. The molecular formula is C24H56N2O6Si2. The summed E-state index contributed by atoms with van der Waals surface area (Å²) in [5.74, 6) is 0. The normalized spacial score (nSPS) is 12.7. The molecule has 0 aliphatic rings. The van der Waals surface area contributed by atoms with Gasteiger partial charge in [0.1, 0.15) is 0 Å². The van der Waals surface area contributed by atoms with Gasteiger partial charge < -0.3 is 32.3 Å². The Morgan fingerprint density at radius 1 is 0.441 bits per heavy atom. The zero-order valence-corrected chi connectivity index (χ0v) is 25.2. The van der Waals surface area contributed by atoms with Gasteiger partial charge in [0.2, 0.25) is 0 Å². The van der Waals surface area contributed by atoms with Crippen molar-refractivity contribution in [2.45, 2.75) is 106 Å². The van der Waals surface area contributed by atoms with E-state index in [4.69, 9.17) is 32.3 Å². The van der Waals surface area contributed by atoms with Crippen LogP contribution in [0.3, 0.4) is 0 Å². The summed E-state index contributed by atoms with van der Waals surface area (Å²) in [5, 5.41) is 0. The molecule has 0 aromatic rings. The van der Waals surface area contributed by atoms with E-state index in [1.165, 1.54) is 44.9 Å². The summed E-state index contributed by atoms with van der Waals surface area (Å²) in [7, 11) is -6.52. The van der Waals surface area contributed by atoms with Gasteiger partial charge in [0, 0.05) is 39.6 Å². The predicted octanol–water partition coefficient (Wildman–Crippen LogP) is 5.24. The lowest BCUT2D eigenvalue weighted by atomic mass is 10.1. The zero-order chi connectivity index (χ0) is 25.5. The first kappa shape index (κ1) is 34.1. The van der Waals surface area contributed by atoms with Gasteiger partial charge in [0.05, 0.1) is 0 Å². The minimum Gasteiger partial charge on any atom is -0.362 e. The van der Waals surface area contributed by atoms with E-state index in [1.807, 2.05) is 41.5 Å². The quantitative estimate of drug-likeness (QED) is 0.121. The minimum atomic E-state index is -3.26. The standard InChI is InChI=1S/C24H56N2O6Si2/c1-7-27-33(28-8-2,29-9-3)26(34(30-10-4,31-11-5)32-12-6)24-22-20-18-16-14-13-15-17-19-21-23-25/h7-25H2,1-6H3. The van der Waals surface area contributed by atoms with E-state index in [2.05, 4.69) is 4.23 Å². The van der Waals surface area contributed by atoms with Gasteiger partial charge in [-0.3, -0.25) is 0 Å². The molecule has 0 saturated carbocycles. The Labute approximate surface area is 213 Å². The molecule has 0 fully saturated rings. The van der Waals surface area contributed by atoms with Crippen molar-refractivity contribution in [1.82, 2.24) is 4.23 Å². The highest BCUT2D eigenvalue weighted by atomic mass is 28.5. The van der Waals surface area contributed by atoms with E-state index in [0.29, 0.717) is 46.2 Å². The molecule has 2 N–H and O–H groups in total. The van der Waals surface area contributed by atoms with E-state index in [-0.39, 0.29) is 0 Å². The van der Waals surface area contributed by atoms with Crippen LogP contribution in [0.1, 0.15) is 106 Å². The van der Waals surface area contributed by atoms with Gasteiger partial charge in [-0.2, -0.15) is 0 Å². The molecule has 34 heavy (non-hydrogen) atoms. The van der Waals surface area contributed by atoms with Crippen molar-refractivity contribution in [1.29, 1.82) is 0 Å². The highest BCUT2D eigenvalue weighted by Gasteiger charge is 2.63. The maximum absolute atomic E-state index is 6.28. The summed E-state index contributed by atoms with van der Waals surface area (Å²) >= 11 is 0. The minimum absolute atomic E-state index is 0.489. The molecule has 0 spiro atoms. The van der Waals surface area contributed by atoms with Gasteiger partial charge in [-0.1, -0.05) is 51.4 Å². The average molecular weight is 525 g/mol. The van der Waals surface area contributed by atoms with Crippen LogP contribution in [0.2, 0.25) is 0 Å². The van der Waals surface area contributed by atoms with Crippen LogP contribution in [0.5, 0.6) is 0 Å². The lowest BCUT2D eigenvalue weighted by molar-refractivity contribution is -0.0194. The Kier molecular flexibility index (Phi) is 22.4. The van der Waals surface area contributed by atoms with Gasteiger partial charge >= 0.3 is 17.9 Å². The molecule has 0 aromatic heterocycles. The molecule has 0 unspecified atom stereocenters. The molecule has 0 rings (SSSR count). The van der Waals surface area contributed by atoms with Crippen molar-refractivity contribution in [3.05, 3.63) is 0 Å². The lowest BCUT2D eigenvalue weighted by Gasteiger charge is -2.44. The van der Waals surface area contributed by atoms with Crippen LogP contribution < -0.4 is 5.73 Å². The highest BCUT2D eigenvalue weighted by Crippen LogP contribution is 2.28. The number of rotatable bonds is 26. The second-order valence-electron chi connectivity index (χ2n) is 8.12. The van der Waals surface area contributed by atoms with Crippen LogP contribution in [0, 0.1) is 0 Å². The van der Waals surface area contributed by atoms with Crippen LogP contribution in [0.25, 0.3) is 0 Å². The Morgan fingerprint density at radius 2 is 0.706 bits per heavy atom. The molecule has 0 radical (unpaired) electrons. The number of unbranched alkanes of at least 4 members (excludes halogenated alkanes) is 9. The van der Waals surface area contributed by atoms with Crippen LogP contribution in [0.15, 0.2) is 0 Å². The van der Waals surface area contributed by atoms with Gasteiger partial charge in [0.15, 0.2) is 0 Å². The summed E-state index contributed by atoms with van der Waals surface area (Å²) in [6.45, 7) is 16.3. The largest absolute Gasteiger partial charge is 0.598 e. The molecule has 10 heteroatoms. The second kappa shape index (κ2) is 22.3. The molecule has 0 aromatic carbocycles. The molecule has 0 aliphatic heterocycles. The number of nitrogens with zero attached hydrogens (tertiary/aromatic N) is 1. The molecule has 0 aliphatic carbocycles. The molecular weight excluding hydrogens is 468 g/mol.